The summed E-state index contributed by atoms with van der Waals surface area (Å²) < 4.78 is 0. The Morgan fingerprint density at radius 1 is 1.04 bits per heavy atom. The van der Waals surface area contributed by atoms with Crippen molar-refractivity contribution in [2.75, 3.05) is 39.3 Å². The number of benzene rings is 2. The Hall–Kier alpha value is -6.05. The van der Waals surface area contributed by atoms with E-state index in [1.54, 1.807) is 37.3 Å². The van der Waals surface area contributed by atoms with Crippen LogP contribution in [0.15, 0.2) is 59.7 Å². The Kier molecular flexibility index (Phi) is 9.34. The number of nitro benzene ring substituents is 1. The third-order valence-electron chi connectivity index (χ3n) is 8.95. The second-order valence-electron chi connectivity index (χ2n) is 11.8. The van der Waals surface area contributed by atoms with Crippen LogP contribution in [0.3, 0.4) is 0 Å². The molecule has 4 atom stereocenters. The number of hydrazone groups is 1. The smallest absolute Gasteiger partial charge is 0.342 e. The van der Waals surface area contributed by atoms with Gasteiger partial charge in [0.2, 0.25) is 16.7 Å². The van der Waals surface area contributed by atoms with Gasteiger partial charge in [-0.2, -0.15) is 5.10 Å². The molecular weight excluding hydrogens is 690 g/mol. The van der Waals surface area contributed by atoms with Crippen molar-refractivity contribution in [1.29, 1.82) is 0 Å². The number of urea groups is 2. The van der Waals surface area contributed by atoms with Gasteiger partial charge in [-0.3, -0.25) is 39.1 Å². The van der Waals surface area contributed by atoms with Crippen molar-refractivity contribution in [2.24, 2.45) is 5.10 Å². The highest BCUT2D eigenvalue weighted by molar-refractivity contribution is 8.02. The molecule has 3 N–H and O–H groups in total. The van der Waals surface area contributed by atoms with Crippen molar-refractivity contribution in [3.63, 3.8) is 0 Å². The van der Waals surface area contributed by atoms with Gasteiger partial charge in [0.25, 0.3) is 5.69 Å². The second-order valence-corrected chi connectivity index (χ2v) is 13.2. The van der Waals surface area contributed by atoms with E-state index in [0.29, 0.717) is 16.0 Å². The predicted octanol–water partition coefficient (Wildman–Crippen LogP) is -0.0113. The SMILES string of the molecule is CCN1CCN(C(=O)NC(C(=O)N[C@@H]2C(=O)N3C[C@@](C(=O)O)(N4CCN(N=Cc5ccc([N+](=O)[O-])cc5)C4=O)S[C@H]23)c2ccccc2)C(=O)C1=O. The van der Waals surface area contributed by atoms with Crippen molar-refractivity contribution in [2.45, 2.75) is 29.3 Å². The number of piperazine rings is 1. The molecular formula is C31H31N9O10S. The number of β-lactam (4-membered cyclic amide) rings is 1. The average Bonchev–Trinajstić information content (AvgIpc) is 3.69. The first-order valence-electron chi connectivity index (χ1n) is 15.7. The highest BCUT2D eigenvalue weighted by Crippen LogP contribution is 2.49. The van der Waals surface area contributed by atoms with Gasteiger partial charge in [-0.05, 0) is 30.2 Å². The molecule has 1 unspecified atom stereocenters. The van der Waals surface area contributed by atoms with Gasteiger partial charge in [0.05, 0.1) is 24.2 Å². The van der Waals surface area contributed by atoms with E-state index in [0.717, 1.165) is 21.7 Å². The van der Waals surface area contributed by atoms with Gasteiger partial charge in [-0.25, -0.2) is 19.4 Å². The summed E-state index contributed by atoms with van der Waals surface area (Å²) in [5, 5.41) is 30.7. The number of amides is 8. The Labute approximate surface area is 293 Å². The minimum atomic E-state index is -1.91. The number of hydrogen-bond acceptors (Lipinski definition) is 11. The number of carboxylic acid groups (broad SMARTS) is 1. The maximum Gasteiger partial charge on any atom is 0.342 e. The minimum Gasteiger partial charge on any atom is -0.479 e. The van der Waals surface area contributed by atoms with Gasteiger partial charge >= 0.3 is 29.8 Å². The van der Waals surface area contributed by atoms with Crippen molar-refractivity contribution >= 4 is 65.3 Å². The summed E-state index contributed by atoms with van der Waals surface area (Å²) in [7, 11) is 0. The topological polar surface area (TPSA) is 235 Å². The molecule has 6 rings (SSSR count). The quantitative estimate of drug-likeness (QED) is 0.0970. The third-order valence-corrected chi connectivity index (χ3v) is 10.6. The molecule has 8 amide bonds. The fourth-order valence-corrected chi connectivity index (χ4v) is 7.78. The largest absolute Gasteiger partial charge is 0.479 e. The number of hydrogen-bond donors (Lipinski definition) is 3. The Balaban J connectivity index is 1.15. The van der Waals surface area contributed by atoms with E-state index in [9.17, 15) is 48.8 Å². The van der Waals surface area contributed by atoms with Gasteiger partial charge in [0.15, 0.2) is 0 Å². The number of carbonyl (C=O) groups is 7. The molecule has 2 aromatic rings. The summed E-state index contributed by atoms with van der Waals surface area (Å²) in [6, 6.07) is 9.13. The molecule has 4 aliphatic rings. The number of imide groups is 1. The Bertz CT molecular complexity index is 1840. The van der Waals surface area contributed by atoms with E-state index in [2.05, 4.69) is 15.7 Å². The number of thioether (sulfide) groups is 1. The van der Waals surface area contributed by atoms with Gasteiger partial charge in [-0.15, -0.1) is 0 Å². The number of fused-ring (bicyclic) bond motifs is 1. The summed E-state index contributed by atoms with van der Waals surface area (Å²) in [6.07, 6.45) is 1.31. The molecule has 0 radical (unpaired) electrons. The van der Waals surface area contributed by atoms with E-state index < -0.39 is 68.9 Å². The zero-order valence-electron chi connectivity index (χ0n) is 26.9. The van der Waals surface area contributed by atoms with E-state index in [4.69, 9.17) is 0 Å². The number of nitro groups is 1. The molecule has 0 saturated carbocycles. The monoisotopic (exact) mass is 721 g/mol. The van der Waals surface area contributed by atoms with Crippen LogP contribution in [-0.2, 0) is 24.0 Å². The lowest BCUT2D eigenvalue weighted by atomic mass is 10.0. The summed E-state index contributed by atoms with van der Waals surface area (Å²) in [5.41, 5.74) is 0.656. The fourth-order valence-electron chi connectivity index (χ4n) is 6.15. The fraction of sp³-hybridized carbons (Fsp3) is 0.355. The van der Waals surface area contributed by atoms with Crippen LogP contribution < -0.4 is 10.6 Å². The molecule has 4 heterocycles. The lowest BCUT2D eigenvalue weighted by Crippen LogP contribution is -2.68. The molecule has 19 nitrogen and oxygen atoms in total. The Morgan fingerprint density at radius 2 is 1.75 bits per heavy atom. The molecule has 0 aromatic heterocycles. The number of nitrogens with zero attached hydrogens (tertiary/aromatic N) is 7. The number of likely N-dealkylation sites (N-methyl/N-ethyl adjacent to an activating group) is 1. The normalized spacial score (nSPS) is 23.7. The van der Waals surface area contributed by atoms with Crippen LogP contribution >= 0.6 is 11.8 Å². The zero-order chi connectivity index (χ0) is 36.6. The van der Waals surface area contributed by atoms with E-state index in [-0.39, 0.29) is 45.0 Å². The van der Waals surface area contributed by atoms with Crippen molar-refractivity contribution in [3.05, 3.63) is 75.8 Å². The second kappa shape index (κ2) is 13.7. The number of carbonyl (C=O) groups excluding carboxylic acids is 6. The molecule has 20 heteroatoms. The van der Waals surface area contributed by atoms with Crippen molar-refractivity contribution in [1.82, 2.24) is 35.2 Å². The number of aliphatic carboxylic acids is 1. The standard InChI is InChI=1S/C31H31N9O10S/c1-2-35-12-13-36(26(44)25(35)43)29(47)34-21(19-6-4-3-5-7-19)23(41)33-22-24(42)37-17-31(28(45)46,51-27(22)37)38-14-15-39(30(38)48)32-16-18-8-10-20(11-9-18)40(49)50/h3-11,16,21-22,27H,2,12-15,17H2,1H3,(H,33,41)(H,34,47)(H,45,46)/t21?,22-,27-,31-/m1/s1. The maximum absolute atomic E-state index is 13.7. The van der Waals surface area contributed by atoms with Crippen LogP contribution in [-0.4, -0.2) is 138 Å². The van der Waals surface area contributed by atoms with E-state index in [1.807, 2.05) is 0 Å². The van der Waals surface area contributed by atoms with Crippen molar-refractivity contribution < 1.29 is 43.6 Å². The van der Waals surface area contributed by atoms with E-state index in [1.165, 1.54) is 40.3 Å². The number of non-ortho nitro benzene ring substituents is 1. The first-order chi connectivity index (χ1) is 24.4. The first-order valence-corrected chi connectivity index (χ1v) is 16.6. The zero-order valence-corrected chi connectivity index (χ0v) is 27.7. The van der Waals surface area contributed by atoms with Crippen LogP contribution in [0.25, 0.3) is 0 Å². The number of carboxylic acids is 1. The summed E-state index contributed by atoms with van der Waals surface area (Å²) in [6.45, 7) is 1.63. The van der Waals surface area contributed by atoms with Crippen molar-refractivity contribution in [3.8, 4) is 0 Å². The molecule has 2 aromatic carbocycles. The van der Waals surface area contributed by atoms with Gasteiger partial charge in [0.1, 0.15) is 17.5 Å². The molecule has 266 valence electrons. The summed E-state index contributed by atoms with van der Waals surface area (Å²) in [5.74, 6) is -4.70. The van der Waals surface area contributed by atoms with Crippen LogP contribution in [0, 0.1) is 10.1 Å². The van der Waals surface area contributed by atoms with Gasteiger partial charge in [0, 0.05) is 38.3 Å². The molecule has 4 aliphatic heterocycles. The molecule has 0 spiro atoms. The van der Waals surface area contributed by atoms with Gasteiger partial charge < -0.3 is 25.5 Å². The van der Waals surface area contributed by atoms with Crippen LogP contribution in [0.1, 0.15) is 24.1 Å². The lowest BCUT2D eigenvalue weighted by Gasteiger charge is -2.41. The summed E-state index contributed by atoms with van der Waals surface area (Å²) >= 11 is 0.810. The van der Waals surface area contributed by atoms with Crippen LogP contribution in [0.4, 0.5) is 15.3 Å². The highest BCUT2D eigenvalue weighted by atomic mass is 32.2. The number of rotatable bonds is 10. The highest BCUT2D eigenvalue weighted by Gasteiger charge is 2.66. The Morgan fingerprint density at radius 3 is 2.39 bits per heavy atom. The number of nitrogens with one attached hydrogen (secondary N) is 2. The van der Waals surface area contributed by atoms with Crippen LogP contribution in [0.2, 0.25) is 0 Å². The van der Waals surface area contributed by atoms with Gasteiger partial charge in [-0.1, -0.05) is 42.1 Å². The van der Waals surface area contributed by atoms with Crippen LogP contribution in [0.5, 0.6) is 0 Å². The lowest BCUT2D eigenvalue weighted by molar-refractivity contribution is -0.384. The molecule has 51 heavy (non-hydrogen) atoms. The minimum absolute atomic E-state index is 0.0245. The average molecular weight is 722 g/mol. The maximum atomic E-state index is 13.7. The molecule has 0 bridgehead atoms. The molecule has 4 saturated heterocycles. The third kappa shape index (κ3) is 6.28. The summed E-state index contributed by atoms with van der Waals surface area (Å²) in [4.78, 5) is 104. The molecule has 4 fully saturated rings. The first kappa shape index (κ1) is 34.8. The predicted molar refractivity (Wildman–Crippen MR) is 177 cm³/mol. The van der Waals surface area contributed by atoms with E-state index >= 15 is 0 Å². The molecule has 0 aliphatic carbocycles.